The molecule has 0 radical (unpaired) electrons. The van der Waals surface area contributed by atoms with Crippen LogP contribution in [0, 0.1) is 12.8 Å². The highest BCUT2D eigenvalue weighted by Gasteiger charge is 2.25. The molecule has 2 rings (SSSR count). The van der Waals surface area contributed by atoms with Crippen molar-refractivity contribution in [2.24, 2.45) is 11.7 Å². The number of hydrogen-bond donors (Lipinski definition) is 3. The van der Waals surface area contributed by atoms with Gasteiger partial charge >= 0.3 is 0 Å². The number of anilines is 1. The van der Waals surface area contributed by atoms with Gasteiger partial charge in [-0.25, -0.2) is 0 Å². The van der Waals surface area contributed by atoms with Gasteiger partial charge in [0.2, 0.25) is 11.8 Å². The fourth-order valence-corrected chi connectivity index (χ4v) is 1.67. The maximum Gasteiger partial charge on any atom is 0.248 e. The molecule has 0 bridgehead atoms. The molecule has 5 nitrogen and oxygen atoms in total. The van der Waals surface area contributed by atoms with E-state index < -0.39 is 5.91 Å². The number of carbonyl (C=O) groups is 2. The van der Waals surface area contributed by atoms with Crippen LogP contribution in [0.3, 0.4) is 0 Å². The van der Waals surface area contributed by atoms with E-state index in [-0.39, 0.29) is 11.8 Å². The second kappa shape index (κ2) is 4.55. The monoisotopic (exact) mass is 233 g/mol. The van der Waals surface area contributed by atoms with E-state index in [9.17, 15) is 9.59 Å². The van der Waals surface area contributed by atoms with Gasteiger partial charge in [0, 0.05) is 24.3 Å². The second-order valence-electron chi connectivity index (χ2n) is 4.24. The molecule has 1 aliphatic heterocycles. The number of benzene rings is 1. The average Bonchev–Trinajstić information content (AvgIpc) is 2.18. The summed E-state index contributed by atoms with van der Waals surface area (Å²) in [6, 6.07) is 5.00. The van der Waals surface area contributed by atoms with Gasteiger partial charge in [-0.05, 0) is 30.7 Å². The Kier molecular flexibility index (Phi) is 3.10. The molecule has 1 aromatic carbocycles. The molecule has 1 saturated heterocycles. The first-order valence-corrected chi connectivity index (χ1v) is 5.50. The average molecular weight is 233 g/mol. The number of aryl methyl sites for hydroxylation is 1. The smallest absolute Gasteiger partial charge is 0.248 e. The zero-order chi connectivity index (χ0) is 12.4. The van der Waals surface area contributed by atoms with Crippen molar-refractivity contribution in [3.8, 4) is 0 Å². The number of nitrogens with two attached hydrogens (primary N) is 1. The molecule has 17 heavy (non-hydrogen) atoms. The minimum Gasteiger partial charge on any atom is -0.366 e. The van der Waals surface area contributed by atoms with Crippen LogP contribution in [0.5, 0.6) is 0 Å². The van der Waals surface area contributed by atoms with E-state index in [0.717, 1.165) is 24.3 Å². The van der Waals surface area contributed by atoms with E-state index in [0.29, 0.717) is 5.56 Å². The largest absolute Gasteiger partial charge is 0.366 e. The topological polar surface area (TPSA) is 84.2 Å². The fraction of sp³-hybridized carbons (Fsp3) is 0.333. The van der Waals surface area contributed by atoms with Gasteiger partial charge in [-0.2, -0.15) is 0 Å². The minimum atomic E-state index is -0.464. The summed E-state index contributed by atoms with van der Waals surface area (Å²) in [6.07, 6.45) is 0. The van der Waals surface area contributed by atoms with Gasteiger partial charge in [0.15, 0.2) is 0 Å². The second-order valence-corrected chi connectivity index (χ2v) is 4.24. The van der Waals surface area contributed by atoms with E-state index in [1.165, 1.54) is 0 Å². The normalized spacial score (nSPS) is 15.1. The summed E-state index contributed by atoms with van der Waals surface area (Å²) in [5.41, 5.74) is 7.19. The summed E-state index contributed by atoms with van der Waals surface area (Å²) >= 11 is 0. The summed E-state index contributed by atoms with van der Waals surface area (Å²) < 4.78 is 0. The third kappa shape index (κ3) is 2.45. The van der Waals surface area contributed by atoms with Crippen LogP contribution in [0.1, 0.15) is 15.9 Å². The van der Waals surface area contributed by atoms with Crippen LogP contribution in [0.15, 0.2) is 18.2 Å². The van der Waals surface area contributed by atoms with E-state index in [4.69, 9.17) is 5.73 Å². The first kappa shape index (κ1) is 11.6. The molecule has 1 heterocycles. The van der Waals surface area contributed by atoms with Crippen LogP contribution in [0.4, 0.5) is 5.69 Å². The van der Waals surface area contributed by atoms with Crippen LogP contribution in [-0.4, -0.2) is 24.9 Å². The van der Waals surface area contributed by atoms with Crippen LogP contribution >= 0.6 is 0 Å². The summed E-state index contributed by atoms with van der Waals surface area (Å²) in [5.74, 6) is -0.405. The van der Waals surface area contributed by atoms with E-state index in [2.05, 4.69) is 10.6 Å². The van der Waals surface area contributed by atoms with Gasteiger partial charge in [-0.1, -0.05) is 0 Å². The lowest BCUT2D eigenvalue weighted by Crippen LogP contribution is -2.48. The van der Waals surface area contributed by atoms with Gasteiger partial charge < -0.3 is 16.4 Å². The molecule has 2 amide bonds. The van der Waals surface area contributed by atoms with Crippen molar-refractivity contribution in [2.45, 2.75) is 6.92 Å². The van der Waals surface area contributed by atoms with E-state index >= 15 is 0 Å². The third-order valence-electron chi connectivity index (χ3n) is 2.92. The van der Waals surface area contributed by atoms with Crippen molar-refractivity contribution < 1.29 is 9.59 Å². The lowest BCUT2D eigenvalue weighted by Gasteiger charge is -2.26. The standard InChI is InChI=1S/C12H15N3O2/c1-7-4-8(11(13)16)2-3-10(7)15-12(17)9-5-14-6-9/h2-4,9,14H,5-6H2,1H3,(H2,13,16)(H,15,17). The molecule has 90 valence electrons. The lowest BCUT2D eigenvalue weighted by atomic mass is 10.0. The molecule has 1 fully saturated rings. The Morgan fingerprint density at radius 2 is 2.12 bits per heavy atom. The maximum absolute atomic E-state index is 11.7. The Hall–Kier alpha value is -1.88. The number of rotatable bonds is 3. The summed E-state index contributed by atoms with van der Waals surface area (Å²) in [4.78, 5) is 22.7. The molecule has 0 saturated carbocycles. The molecular weight excluding hydrogens is 218 g/mol. The number of carbonyl (C=O) groups excluding carboxylic acids is 2. The van der Waals surface area contributed by atoms with Crippen molar-refractivity contribution in [1.82, 2.24) is 5.32 Å². The van der Waals surface area contributed by atoms with Crippen molar-refractivity contribution in [1.29, 1.82) is 0 Å². The van der Waals surface area contributed by atoms with Crippen molar-refractivity contribution in [3.05, 3.63) is 29.3 Å². The minimum absolute atomic E-state index is 0.0127. The Morgan fingerprint density at radius 1 is 1.41 bits per heavy atom. The molecule has 0 unspecified atom stereocenters. The third-order valence-corrected chi connectivity index (χ3v) is 2.92. The van der Waals surface area contributed by atoms with Gasteiger partial charge in [0.1, 0.15) is 0 Å². The molecule has 1 aliphatic rings. The molecular formula is C12H15N3O2. The molecule has 0 aromatic heterocycles. The Balaban J connectivity index is 2.10. The highest BCUT2D eigenvalue weighted by Crippen LogP contribution is 2.18. The molecule has 0 atom stereocenters. The van der Waals surface area contributed by atoms with Crippen LogP contribution in [-0.2, 0) is 4.79 Å². The van der Waals surface area contributed by atoms with Crippen molar-refractivity contribution in [2.75, 3.05) is 18.4 Å². The van der Waals surface area contributed by atoms with E-state index in [1.807, 2.05) is 6.92 Å². The van der Waals surface area contributed by atoms with Crippen molar-refractivity contribution >= 4 is 17.5 Å². The predicted octanol–water partition coefficient (Wildman–Crippen LogP) is 0.252. The van der Waals surface area contributed by atoms with Crippen molar-refractivity contribution in [3.63, 3.8) is 0 Å². The number of amides is 2. The molecule has 0 aliphatic carbocycles. The fourth-order valence-electron chi connectivity index (χ4n) is 1.67. The highest BCUT2D eigenvalue weighted by molar-refractivity contribution is 5.96. The van der Waals surface area contributed by atoms with Gasteiger partial charge in [0.05, 0.1) is 5.92 Å². The zero-order valence-corrected chi connectivity index (χ0v) is 9.62. The number of nitrogens with one attached hydrogen (secondary N) is 2. The first-order valence-electron chi connectivity index (χ1n) is 5.50. The summed E-state index contributed by atoms with van der Waals surface area (Å²) in [5, 5.41) is 5.89. The SMILES string of the molecule is Cc1cc(C(N)=O)ccc1NC(=O)C1CNC1. The first-order chi connectivity index (χ1) is 8.08. The summed E-state index contributed by atoms with van der Waals surface area (Å²) in [6.45, 7) is 3.29. The molecule has 1 aromatic rings. The molecule has 4 N–H and O–H groups in total. The number of hydrogen-bond acceptors (Lipinski definition) is 3. The molecule has 5 heteroatoms. The summed E-state index contributed by atoms with van der Waals surface area (Å²) in [7, 11) is 0. The Labute approximate surface area is 99.4 Å². The van der Waals surface area contributed by atoms with Gasteiger partial charge in [-0.15, -0.1) is 0 Å². The lowest BCUT2D eigenvalue weighted by molar-refractivity contribution is -0.121. The van der Waals surface area contributed by atoms with Gasteiger partial charge in [-0.3, -0.25) is 9.59 Å². The Bertz CT molecular complexity index is 467. The Morgan fingerprint density at radius 3 is 2.59 bits per heavy atom. The number of primary amides is 1. The van der Waals surface area contributed by atoms with Crippen LogP contribution in [0.25, 0.3) is 0 Å². The zero-order valence-electron chi connectivity index (χ0n) is 9.62. The quantitative estimate of drug-likeness (QED) is 0.699. The molecule has 0 spiro atoms. The van der Waals surface area contributed by atoms with Crippen LogP contribution < -0.4 is 16.4 Å². The van der Waals surface area contributed by atoms with Gasteiger partial charge in [0.25, 0.3) is 0 Å². The predicted molar refractivity (Wildman–Crippen MR) is 64.7 cm³/mol. The van der Waals surface area contributed by atoms with E-state index in [1.54, 1.807) is 18.2 Å². The van der Waals surface area contributed by atoms with Crippen LogP contribution in [0.2, 0.25) is 0 Å². The highest BCUT2D eigenvalue weighted by atomic mass is 16.2. The maximum atomic E-state index is 11.7.